The minimum Gasteiger partial charge on any atom is -0.508 e. The number of phenolic OH excluding ortho intramolecular Hbond substituents is 1. The number of carboxylic acids is 1. The van der Waals surface area contributed by atoms with Gasteiger partial charge in [0.05, 0.1) is 5.56 Å². The zero-order chi connectivity index (χ0) is 13.8. The number of hydrogen-bond donors (Lipinski definition) is 2. The van der Waals surface area contributed by atoms with Crippen LogP contribution in [0.15, 0.2) is 36.7 Å². The summed E-state index contributed by atoms with van der Waals surface area (Å²) in [5.41, 5.74) is 2.75. The highest BCUT2D eigenvalue weighted by Crippen LogP contribution is 2.21. The van der Waals surface area contributed by atoms with Gasteiger partial charge in [0.25, 0.3) is 0 Å². The molecule has 0 aliphatic heterocycles. The molecular formula is C15H15NO3. The van der Waals surface area contributed by atoms with Gasteiger partial charge in [-0.05, 0) is 48.6 Å². The number of carbonyl (C=O) groups is 1. The SMILES string of the molecule is Cc1ccc(CCc2cnccc2C(=O)O)c(O)c1. The van der Waals surface area contributed by atoms with Crippen LogP contribution in [0, 0.1) is 6.92 Å². The quantitative estimate of drug-likeness (QED) is 0.883. The Hall–Kier alpha value is -2.36. The van der Waals surface area contributed by atoms with Crippen LogP contribution < -0.4 is 0 Å². The number of aryl methyl sites for hydroxylation is 3. The zero-order valence-corrected chi connectivity index (χ0v) is 10.6. The molecule has 2 rings (SSSR count). The predicted octanol–water partition coefficient (Wildman–Crippen LogP) is 2.58. The van der Waals surface area contributed by atoms with E-state index in [0.29, 0.717) is 18.4 Å². The molecule has 0 atom stereocenters. The summed E-state index contributed by atoms with van der Waals surface area (Å²) >= 11 is 0. The van der Waals surface area contributed by atoms with Gasteiger partial charge < -0.3 is 10.2 Å². The van der Waals surface area contributed by atoms with E-state index in [1.807, 2.05) is 19.1 Å². The van der Waals surface area contributed by atoms with E-state index in [0.717, 1.165) is 11.1 Å². The van der Waals surface area contributed by atoms with E-state index in [-0.39, 0.29) is 11.3 Å². The largest absolute Gasteiger partial charge is 0.508 e. The van der Waals surface area contributed by atoms with E-state index in [4.69, 9.17) is 5.11 Å². The number of nitrogens with zero attached hydrogens (tertiary/aromatic N) is 1. The Morgan fingerprint density at radius 2 is 1.95 bits per heavy atom. The van der Waals surface area contributed by atoms with Crippen LogP contribution in [-0.4, -0.2) is 21.2 Å². The van der Waals surface area contributed by atoms with Crippen molar-refractivity contribution >= 4 is 5.97 Å². The average molecular weight is 257 g/mol. The van der Waals surface area contributed by atoms with Crippen molar-refractivity contribution in [1.82, 2.24) is 4.98 Å². The molecule has 0 saturated heterocycles. The van der Waals surface area contributed by atoms with Crippen molar-refractivity contribution in [2.24, 2.45) is 0 Å². The first-order valence-corrected chi connectivity index (χ1v) is 6.02. The number of hydrogen-bond acceptors (Lipinski definition) is 3. The molecule has 0 unspecified atom stereocenters. The maximum Gasteiger partial charge on any atom is 0.336 e. The number of aromatic nitrogens is 1. The van der Waals surface area contributed by atoms with Crippen LogP contribution in [-0.2, 0) is 12.8 Å². The third-order valence-electron chi connectivity index (χ3n) is 3.04. The Labute approximate surface area is 111 Å². The minimum absolute atomic E-state index is 0.251. The maximum absolute atomic E-state index is 11.1. The van der Waals surface area contributed by atoms with E-state index in [1.54, 1.807) is 12.3 Å². The Balaban J connectivity index is 2.17. The molecule has 1 aromatic heterocycles. The average Bonchev–Trinajstić information content (AvgIpc) is 2.38. The molecule has 4 nitrogen and oxygen atoms in total. The highest BCUT2D eigenvalue weighted by atomic mass is 16.4. The molecule has 0 amide bonds. The maximum atomic E-state index is 11.1. The lowest BCUT2D eigenvalue weighted by Crippen LogP contribution is -2.04. The Bertz CT molecular complexity index is 608. The molecule has 19 heavy (non-hydrogen) atoms. The molecule has 0 aliphatic rings. The highest BCUT2D eigenvalue weighted by molar-refractivity contribution is 5.89. The molecule has 4 heteroatoms. The smallest absolute Gasteiger partial charge is 0.336 e. The number of pyridine rings is 1. The van der Waals surface area contributed by atoms with Gasteiger partial charge in [0, 0.05) is 12.4 Å². The number of aromatic carboxylic acids is 1. The van der Waals surface area contributed by atoms with Gasteiger partial charge in [-0.1, -0.05) is 12.1 Å². The van der Waals surface area contributed by atoms with Crippen molar-refractivity contribution in [1.29, 1.82) is 0 Å². The molecule has 1 aromatic carbocycles. The number of benzene rings is 1. The van der Waals surface area contributed by atoms with Gasteiger partial charge >= 0.3 is 5.97 Å². The van der Waals surface area contributed by atoms with Crippen molar-refractivity contribution in [2.45, 2.75) is 19.8 Å². The van der Waals surface area contributed by atoms with Crippen molar-refractivity contribution in [3.63, 3.8) is 0 Å². The Morgan fingerprint density at radius 3 is 2.63 bits per heavy atom. The van der Waals surface area contributed by atoms with E-state index < -0.39 is 5.97 Å². The van der Waals surface area contributed by atoms with Crippen LogP contribution in [0.25, 0.3) is 0 Å². The van der Waals surface area contributed by atoms with E-state index in [2.05, 4.69) is 4.98 Å². The van der Waals surface area contributed by atoms with E-state index in [9.17, 15) is 9.90 Å². The number of phenols is 1. The number of carboxylic acid groups (broad SMARTS) is 1. The van der Waals surface area contributed by atoms with Gasteiger partial charge in [-0.2, -0.15) is 0 Å². The fourth-order valence-corrected chi connectivity index (χ4v) is 1.99. The van der Waals surface area contributed by atoms with Crippen LogP contribution in [0.3, 0.4) is 0 Å². The van der Waals surface area contributed by atoms with Crippen molar-refractivity contribution in [3.8, 4) is 5.75 Å². The first-order valence-electron chi connectivity index (χ1n) is 6.02. The molecule has 0 spiro atoms. The highest BCUT2D eigenvalue weighted by Gasteiger charge is 2.10. The second kappa shape index (κ2) is 5.52. The lowest BCUT2D eigenvalue weighted by molar-refractivity contribution is 0.0695. The van der Waals surface area contributed by atoms with Gasteiger partial charge in [0.15, 0.2) is 0 Å². The fraction of sp³-hybridized carbons (Fsp3) is 0.200. The first kappa shape index (κ1) is 13.1. The third kappa shape index (κ3) is 3.10. The van der Waals surface area contributed by atoms with Gasteiger partial charge in [-0.25, -0.2) is 4.79 Å². The molecule has 0 aliphatic carbocycles. The minimum atomic E-state index is -0.953. The summed E-state index contributed by atoms with van der Waals surface area (Å²) in [6.07, 6.45) is 4.15. The predicted molar refractivity (Wildman–Crippen MR) is 71.4 cm³/mol. The summed E-state index contributed by atoms with van der Waals surface area (Å²) in [7, 11) is 0. The molecule has 0 bridgehead atoms. The van der Waals surface area contributed by atoms with Crippen LogP contribution in [0.2, 0.25) is 0 Å². The summed E-state index contributed by atoms with van der Waals surface area (Å²) in [4.78, 5) is 15.0. The molecule has 1 heterocycles. The zero-order valence-electron chi connectivity index (χ0n) is 10.6. The molecule has 0 radical (unpaired) electrons. The van der Waals surface area contributed by atoms with Crippen molar-refractivity contribution in [2.75, 3.05) is 0 Å². The summed E-state index contributed by atoms with van der Waals surface area (Å²) in [5.74, 6) is -0.703. The monoisotopic (exact) mass is 257 g/mol. The second-order valence-electron chi connectivity index (χ2n) is 4.47. The van der Waals surface area contributed by atoms with Gasteiger partial charge in [-0.15, -0.1) is 0 Å². The van der Waals surface area contributed by atoms with Gasteiger partial charge in [-0.3, -0.25) is 4.98 Å². The van der Waals surface area contributed by atoms with Crippen molar-refractivity contribution in [3.05, 3.63) is 58.9 Å². The molecule has 0 fully saturated rings. The van der Waals surface area contributed by atoms with Crippen LogP contribution in [0.1, 0.15) is 27.0 Å². The second-order valence-corrected chi connectivity index (χ2v) is 4.47. The standard InChI is InChI=1S/C15H15NO3/c1-10-2-3-11(14(17)8-10)4-5-12-9-16-7-6-13(12)15(18)19/h2-3,6-9,17H,4-5H2,1H3,(H,18,19). The normalized spacial score (nSPS) is 10.4. The summed E-state index contributed by atoms with van der Waals surface area (Å²) < 4.78 is 0. The molecule has 2 N–H and O–H groups in total. The molecular weight excluding hydrogens is 242 g/mol. The third-order valence-corrected chi connectivity index (χ3v) is 3.04. The fourth-order valence-electron chi connectivity index (χ4n) is 1.99. The van der Waals surface area contributed by atoms with Crippen LogP contribution in [0.4, 0.5) is 0 Å². The Kier molecular flexibility index (Phi) is 3.80. The van der Waals surface area contributed by atoms with E-state index in [1.165, 1.54) is 12.3 Å². The molecule has 0 saturated carbocycles. The lowest BCUT2D eigenvalue weighted by Gasteiger charge is -2.07. The molecule has 2 aromatic rings. The topological polar surface area (TPSA) is 70.4 Å². The lowest BCUT2D eigenvalue weighted by atomic mass is 10.0. The van der Waals surface area contributed by atoms with E-state index >= 15 is 0 Å². The number of rotatable bonds is 4. The first-order chi connectivity index (χ1) is 9.08. The van der Waals surface area contributed by atoms with Crippen LogP contribution >= 0.6 is 0 Å². The summed E-state index contributed by atoms with van der Waals surface area (Å²) in [5, 5.41) is 18.9. The summed E-state index contributed by atoms with van der Waals surface area (Å²) in [6, 6.07) is 6.99. The van der Waals surface area contributed by atoms with Crippen LogP contribution in [0.5, 0.6) is 5.75 Å². The Morgan fingerprint density at radius 1 is 1.21 bits per heavy atom. The number of aromatic hydroxyl groups is 1. The van der Waals surface area contributed by atoms with Gasteiger partial charge in [0.1, 0.15) is 5.75 Å². The van der Waals surface area contributed by atoms with Gasteiger partial charge in [0.2, 0.25) is 0 Å². The molecule has 98 valence electrons. The van der Waals surface area contributed by atoms with Crippen molar-refractivity contribution < 1.29 is 15.0 Å². The summed E-state index contributed by atoms with van der Waals surface area (Å²) in [6.45, 7) is 1.91.